The Balaban J connectivity index is 1.97. The third kappa shape index (κ3) is 1.75. The van der Waals surface area contributed by atoms with Crippen LogP contribution in [-0.4, -0.2) is 6.54 Å². The van der Waals surface area contributed by atoms with E-state index in [1.807, 2.05) is 0 Å². The van der Waals surface area contributed by atoms with Crippen LogP contribution in [0, 0.1) is 6.92 Å². The Hall–Kier alpha value is -2.09. The zero-order valence-corrected chi connectivity index (χ0v) is 11.0. The summed E-state index contributed by atoms with van der Waals surface area (Å²) in [6, 6.07) is 10.8. The van der Waals surface area contributed by atoms with Crippen LogP contribution in [0.5, 0.6) is 11.5 Å². The minimum atomic E-state index is 0.961. The highest BCUT2D eigenvalue weighted by atomic mass is 16.5. The first-order valence-electron chi connectivity index (χ1n) is 6.84. The van der Waals surface area contributed by atoms with E-state index in [0.29, 0.717) is 0 Å². The summed E-state index contributed by atoms with van der Waals surface area (Å²) in [5, 5.41) is 2.42. The fraction of sp³-hybridized carbons (Fsp3) is 0.235. The Morgan fingerprint density at radius 1 is 1.11 bits per heavy atom. The van der Waals surface area contributed by atoms with Crippen LogP contribution in [-0.2, 0) is 6.42 Å². The molecule has 0 aliphatic carbocycles. The molecule has 4 rings (SSSR count). The van der Waals surface area contributed by atoms with Crippen LogP contribution in [0.15, 0.2) is 30.3 Å². The van der Waals surface area contributed by atoms with Crippen molar-refractivity contribution in [3.05, 3.63) is 57.6 Å². The molecule has 2 aliphatic heterocycles. The van der Waals surface area contributed by atoms with Gasteiger partial charge in [-0.3, -0.25) is 0 Å². The lowest BCUT2D eigenvalue weighted by Crippen LogP contribution is -2.79. The van der Waals surface area contributed by atoms with Gasteiger partial charge in [-0.05, 0) is 37.1 Å². The average molecular weight is 250 g/mol. The van der Waals surface area contributed by atoms with E-state index in [-0.39, 0.29) is 0 Å². The van der Waals surface area contributed by atoms with Crippen molar-refractivity contribution in [2.24, 2.45) is 0 Å². The number of hydrogen-bond donors (Lipinski definition) is 1. The fourth-order valence-corrected chi connectivity index (χ4v) is 2.85. The first kappa shape index (κ1) is 10.8. The van der Waals surface area contributed by atoms with Gasteiger partial charge in [-0.1, -0.05) is 12.1 Å². The van der Waals surface area contributed by atoms with E-state index in [1.54, 1.807) is 0 Å². The summed E-state index contributed by atoms with van der Waals surface area (Å²) in [6.45, 7) is 3.15. The molecule has 2 aliphatic rings. The molecular weight excluding hydrogens is 234 g/mol. The van der Waals surface area contributed by atoms with E-state index in [0.717, 1.165) is 24.5 Å². The van der Waals surface area contributed by atoms with Gasteiger partial charge in [0.1, 0.15) is 18.0 Å². The zero-order chi connectivity index (χ0) is 12.8. The van der Waals surface area contributed by atoms with Crippen LogP contribution in [0.25, 0.3) is 6.08 Å². The summed E-state index contributed by atoms with van der Waals surface area (Å²) >= 11 is 0. The first-order chi connectivity index (χ1) is 9.29. The summed E-state index contributed by atoms with van der Waals surface area (Å²) in [5.74, 6) is 1.93. The molecule has 2 heterocycles. The van der Waals surface area contributed by atoms with E-state index in [1.165, 1.54) is 33.7 Å². The number of fused-ring (bicyclic) bond motifs is 3. The van der Waals surface area contributed by atoms with Gasteiger partial charge in [0.2, 0.25) is 5.36 Å². The second-order valence-electron chi connectivity index (χ2n) is 5.37. The van der Waals surface area contributed by atoms with Crippen LogP contribution in [0.2, 0.25) is 0 Å². The van der Waals surface area contributed by atoms with Gasteiger partial charge < -0.3 is 4.74 Å². The lowest BCUT2D eigenvalue weighted by molar-refractivity contribution is -0.505. The topological polar surface area (TPSA) is 23.2 Å². The Kier molecular flexibility index (Phi) is 2.25. The van der Waals surface area contributed by atoms with Gasteiger partial charge in [0, 0.05) is 22.8 Å². The summed E-state index contributed by atoms with van der Waals surface area (Å²) in [7, 11) is 0. The minimum absolute atomic E-state index is 0.961. The highest BCUT2D eigenvalue weighted by Crippen LogP contribution is 2.28. The van der Waals surface area contributed by atoms with E-state index < -0.39 is 0 Å². The fourth-order valence-electron chi connectivity index (χ4n) is 2.85. The van der Waals surface area contributed by atoms with Crippen molar-refractivity contribution in [3.8, 4) is 11.5 Å². The van der Waals surface area contributed by atoms with Crippen LogP contribution in [0.1, 0.15) is 23.1 Å². The van der Waals surface area contributed by atoms with Gasteiger partial charge in [-0.15, -0.1) is 0 Å². The summed E-state index contributed by atoms with van der Waals surface area (Å²) in [4.78, 5) is 3.45. The molecule has 1 N–H and O–H groups in total. The summed E-state index contributed by atoms with van der Waals surface area (Å²) in [6.07, 6.45) is 4.59. The molecule has 19 heavy (non-hydrogen) atoms. The third-order valence-electron chi connectivity index (χ3n) is 3.87. The van der Waals surface area contributed by atoms with Crippen LogP contribution >= 0.6 is 0 Å². The van der Waals surface area contributed by atoms with E-state index in [4.69, 9.17) is 4.74 Å². The predicted octanol–water partition coefficient (Wildman–Crippen LogP) is 0.576. The van der Waals surface area contributed by atoms with E-state index in [9.17, 15) is 0 Å². The van der Waals surface area contributed by atoms with Crippen molar-refractivity contribution >= 4 is 6.08 Å². The minimum Gasteiger partial charge on any atom is -0.456 e. The maximum Gasteiger partial charge on any atom is 0.205 e. The Labute approximate surface area is 112 Å². The molecule has 94 valence electrons. The molecule has 0 amide bonds. The number of rotatable bonds is 0. The Bertz CT molecular complexity index is 790. The molecule has 0 radical (unpaired) electrons. The highest BCUT2D eigenvalue weighted by Gasteiger charge is 2.15. The molecule has 0 saturated carbocycles. The SMILES string of the molecule is Cc1ccc2c(c1)Oc1cc3c(cc1=C2)CCC[NH+]=3. The molecule has 0 unspecified atom stereocenters. The van der Waals surface area contributed by atoms with Crippen molar-refractivity contribution in [1.82, 2.24) is 0 Å². The number of ether oxygens (including phenoxy) is 1. The average Bonchev–Trinajstić information content (AvgIpc) is 2.43. The standard InChI is InChI=1S/C17H15NO/c1-11-4-5-13-9-14-8-12-3-2-6-18-15(12)10-17(14)19-16(13)7-11/h4-5,7-10H,2-3,6H2,1H3/p+1. The monoisotopic (exact) mass is 250 g/mol. The summed E-state index contributed by atoms with van der Waals surface area (Å²) < 4.78 is 6.05. The van der Waals surface area contributed by atoms with Gasteiger partial charge in [0.25, 0.3) is 0 Å². The molecule has 2 nitrogen and oxygen atoms in total. The second kappa shape index (κ2) is 3.95. The largest absolute Gasteiger partial charge is 0.456 e. The maximum atomic E-state index is 6.05. The molecule has 0 spiro atoms. The molecule has 0 atom stereocenters. The lowest BCUT2D eigenvalue weighted by Gasteiger charge is -2.16. The molecule has 0 bridgehead atoms. The lowest BCUT2D eigenvalue weighted by atomic mass is 10.0. The van der Waals surface area contributed by atoms with Crippen molar-refractivity contribution in [2.75, 3.05) is 6.54 Å². The zero-order valence-electron chi connectivity index (χ0n) is 11.0. The van der Waals surface area contributed by atoms with Gasteiger partial charge in [-0.25, -0.2) is 4.99 Å². The quantitative estimate of drug-likeness (QED) is 0.619. The van der Waals surface area contributed by atoms with Crippen LogP contribution < -0.4 is 20.3 Å². The van der Waals surface area contributed by atoms with Crippen LogP contribution in [0.3, 0.4) is 0 Å². The normalized spacial score (nSPS) is 15.2. The smallest absolute Gasteiger partial charge is 0.205 e. The van der Waals surface area contributed by atoms with Crippen molar-refractivity contribution in [1.29, 1.82) is 0 Å². The predicted molar refractivity (Wildman–Crippen MR) is 73.8 cm³/mol. The van der Waals surface area contributed by atoms with Gasteiger partial charge in [-0.2, -0.15) is 0 Å². The summed E-state index contributed by atoms with van der Waals surface area (Å²) in [5.41, 5.74) is 3.80. The molecular formula is C17H16NO+. The van der Waals surface area contributed by atoms with E-state index in [2.05, 4.69) is 48.3 Å². The second-order valence-corrected chi connectivity index (χ2v) is 5.37. The number of nitrogens with one attached hydrogen (secondary N) is 1. The number of benzene rings is 2. The Morgan fingerprint density at radius 3 is 3.00 bits per heavy atom. The van der Waals surface area contributed by atoms with Crippen LogP contribution in [0.4, 0.5) is 0 Å². The molecule has 0 aromatic heterocycles. The first-order valence-corrected chi connectivity index (χ1v) is 6.84. The Morgan fingerprint density at radius 2 is 2.05 bits per heavy atom. The van der Waals surface area contributed by atoms with Gasteiger partial charge >= 0.3 is 0 Å². The van der Waals surface area contributed by atoms with Gasteiger partial charge in [0.05, 0.1) is 6.07 Å². The number of aryl methyl sites for hydroxylation is 2. The third-order valence-corrected chi connectivity index (χ3v) is 3.87. The molecule has 0 fully saturated rings. The van der Waals surface area contributed by atoms with Crippen molar-refractivity contribution < 1.29 is 9.73 Å². The highest BCUT2D eigenvalue weighted by molar-refractivity contribution is 5.63. The number of hydrogen-bond acceptors (Lipinski definition) is 1. The molecule has 0 saturated heterocycles. The maximum absolute atomic E-state index is 6.05. The van der Waals surface area contributed by atoms with Crippen molar-refractivity contribution in [2.45, 2.75) is 19.8 Å². The molecule has 2 aromatic rings. The van der Waals surface area contributed by atoms with Gasteiger partial charge in [0.15, 0.2) is 0 Å². The molecule has 2 heteroatoms. The van der Waals surface area contributed by atoms with Crippen molar-refractivity contribution in [3.63, 3.8) is 0 Å². The molecule has 2 aromatic carbocycles. The van der Waals surface area contributed by atoms with E-state index >= 15 is 0 Å².